The van der Waals surface area contributed by atoms with Crippen molar-refractivity contribution in [1.29, 1.82) is 0 Å². The fraction of sp³-hybridized carbons (Fsp3) is 0.400. The van der Waals surface area contributed by atoms with Crippen molar-refractivity contribution < 1.29 is 0 Å². The van der Waals surface area contributed by atoms with Gasteiger partial charge in [0, 0.05) is 40.8 Å². The van der Waals surface area contributed by atoms with Gasteiger partial charge in [0.1, 0.15) is 5.65 Å². The molecule has 2 N–H and O–H groups in total. The van der Waals surface area contributed by atoms with Gasteiger partial charge in [-0.05, 0) is 80.1 Å². The Hall–Kier alpha value is -2.59. The number of fused-ring (bicyclic) bond motifs is 2. The van der Waals surface area contributed by atoms with Crippen LogP contribution in [0.4, 0.5) is 0 Å². The molecule has 4 aromatic rings. The fourth-order valence-electron chi connectivity index (χ4n) is 5.13. The van der Waals surface area contributed by atoms with Gasteiger partial charge in [-0.1, -0.05) is 19.9 Å². The van der Waals surface area contributed by atoms with E-state index in [-0.39, 0.29) is 0 Å². The topological polar surface area (TPSA) is 45.6 Å². The van der Waals surface area contributed by atoms with E-state index in [9.17, 15) is 0 Å². The summed E-state index contributed by atoms with van der Waals surface area (Å²) in [5.74, 6) is 1.11. The van der Waals surface area contributed by atoms with Crippen LogP contribution in [-0.2, 0) is 7.05 Å². The van der Waals surface area contributed by atoms with Crippen LogP contribution >= 0.6 is 0 Å². The van der Waals surface area contributed by atoms with Crippen LogP contribution in [0.15, 0.2) is 36.5 Å². The third kappa shape index (κ3) is 2.89. The lowest BCUT2D eigenvalue weighted by Crippen LogP contribution is -2.26. The summed E-state index contributed by atoms with van der Waals surface area (Å²) in [6.07, 6.45) is 4.34. The molecular weight excluding hydrogens is 356 g/mol. The first-order valence-corrected chi connectivity index (χ1v) is 10.8. The molecule has 0 unspecified atom stereocenters. The molecular formula is C25H30N4. The van der Waals surface area contributed by atoms with Gasteiger partial charge in [0.15, 0.2) is 0 Å². The number of pyridine rings is 1. The van der Waals surface area contributed by atoms with E-state index in [1.807, 2.05) is 12.3 Å². The molecule has 1 saturated heterocycles. The molecule has 1 aromatic carbocycles. The maximum Gasteiger partial charge on any atom is 0.140 e. The highest BCUT2D eigenvalue weighted by molar-refractivity contribution is 6.01. The van der Waals surface area contributed by atoms with Crippen LogP contribution in [0.5, 0.6) is 0 Å². The molecule has 0 aliphatic carbocycles. The van der Waals surface area contributed by atoms with E-state index in [1.54, 1.807) is 0 Å². The van der Waals surface area contributed by atoms with Crippen molar-refractivity contribution >= 4 is 21.9 Å². The quantitative estimate of drug-likeness (QED) is 0.480. The van der Waals surface area contributed by atoms with Crippen LogP contribution in [0.2, 0.25) is 0 Å². The smallest absolute Gasteiger partial charge is 0.140 e. The Kier molecular flexibility index (Phi) is 4.47. The molecule has 3 aromatic heterocycles. The number of aromatic amines is 1. The SMILES string of the molecule is Cc1c(-c2[nH]c3ccc(C4CCNCC4)cc3c2C(C)C)c2cccnc2n1C. The lowest BCUT2D eigenvalue weighted by atomic mass is 9.88. The maximum absolute atomic E-state index is 4.63. The predicted molar refractivity (Wildman–Crippen MR) is 122 cm³/mol. The first-order chi connectivity index (χ1) is 14.1. The molecule has 4 nitrogen and oxygen atoms in total. The zero-order valence-electron chi connectivity index (χ0n) is 17.8. The molecule has 0 saturated carbocycles. The molecule has 4 heterocycles. The Morgan fingerprint density at radius 1 is 1.10 bits per heavy atom. The van der Waals surface area contributed by atoms with E-state index < -0.39 is 0 Å². The zero-order chi connectivity index (χ0) is 20.1. The largest absolute Gasteiger partial charge is 0.354 e. The third-order valence-electron chi connectivity index (χ3n) is 6.74. The fourth-order valence-corrected chi connectivity index (χ4v) is 5.13. The van der Waals surface area contributed by atoms with Crippen molar-refractivity contribution in [2.45, 2.75) is 45.4 Å². The standard InChI is InChI=1S/C25H30N4/c1-15(2)22-20-14-18(17-9-12-26-13-10-17)7-8-21(20)28-24(22)23-16(3)29(4)25-19(23)6-5-11-27-25/h5-8,11,14-15,17,26,28H,9-10,12-13H2,1-4H3. The highest BCUT2D eigenvalue weighted by Gasteiger charge is 2.23. The number of nitrogens with zero attached hydrogens (tertiary/aromatic N) is 2. The van der Waals surface area contributed by atoms with E-state index in [4.69, 9.17) is 0 Å². The van der Waals surface area contributed by atoms with E-state index in [2.05, 4.69) is 71.9 Å². The average molecular weight is 387 g/mol. The lowest BCUT2D eigenvalue weighted by Gasteiger charge is -2.23. The second-order valence-corrected chi connectivity index (χ2v) is 8.79. The molecule has 1 aliphatic rings. The molecule has 0 radical (unpaired) electrons. The Bertz CT molecular complexity index is 1190. The number of aryl methyl sites for hydroxylation is 1. The molecule has 29 heavy (non-hydrogen) atoms. The monoisotopic (exact) mass is 386 g/mol. The summed E-state index contributed by atoms with van der Waals surface area (Å²) in [5, 5.41) is 6.09. The Morgan fingerprint density at radius 3 is 2.66 bits per heavy atom. The molecule has 5 rings (SSSR count). The average Bonchev–Trinajstić information content (AvgIpc) is 3.23. The third-order valence-corrected chi connectivity index (χ3v) is 6.74. The summed E-state index contributed by atoms with van der Waals surface area (Å²) in [4.78, 5) is 8.42. The number of aromatic nitrogens is 3. The number of nitrogens with one attached hydrogen (secondary N) is 2. The summed E-state index contributed by atoms with van der Waals surface area (Å²) >= 11 is 0. The van der Waals surface area contributed by atoms with Crippen molar-refractivity contribution in [2.24, 2.45) is 7.05 Å². The second-order valence-electron chi connectivity index (χ2n) is 8.79. The minimum Gasteiger partial charge on any atom is -0.354 e. The predicted octanol–water partition coefficient (Wildman–Crippen LogP) is 5.62. The van der Waals surface area contributed by atoms with E-state index >= 15 is 0 Å². The van der Waals surface area contributed by atoms with Crippen molar-refractivity contribution in [1.82, 2.24) is 19.9 Å². The Labute approximate surface area is 172 Å². The number of rotatable bonds is 3. The number of benzene rings is 1. The molecule has 150 valence electrons. The van der Waals surface area contributed by atoms with Gasteiger partial charge in [-0.3, -0.25) is 0 Å². The van der Waals surface area contributed by atoms with Gasteiger partial charge in [0.25, 0.3) is 0 Å². The number of hydrogen-bond donors (Lipinski definition) is 2. The molecule has 1 aliphatic heterocycles. The normalized spacial score (nSPS) is 15.8. The van der Waals surface area contributed by atoms with Crippen LogP contribution < -0.4 is 5.32 Å². The van der Waals surface area contributed by atoms with Gasteiger partial charge in [-0.25, -0.2) is 4.98 Å². The van der Waals surface area contributed by atoms with Crippen molar-refractivity contribution in [3.8, 4) is 11.3 Å². The van der Waals surface area contributed by atoms with Crippen LogP contribution in [0.25, 0.3) is 33.2 Å². The second kappa shape index (κ2) is 7.03. The number of piperidine rings is 1. The van der Waals surface area contributed by atoms with E-state index in [0.29, 0.717) is 11.8 Å². The molecule has 0 spiro atoms. The van der Waals surface area contributed by atoms with Gasteiger partial charge in [0.05, 0.1) is 5.69 Å². The molecule has 0 amide bonds. The van der Waals surface area contributed by atoms with Crippen LogP contribution in [0.3, 0.4) is 0 Å². The summed E-state index contributed by atoms with van der Waals surface area (Å²) in [6.45, 7) is 9.07. The van der Waals surface area contributed by atoms with Gasteiger partial charge >= 0.3 is 0 Å². The van der Waals surface area contributed by atoms with Gasteiger partial charge in [0.2, 0.25) is 0 Å². The maximum atomic E-state index is 4.63. The lowest BCUT2D eigenvalue weighted by molar-refractivity contribution is 0.460. The minimum atomic E-state index is 0.438. The van der Waals surface area contributed by atoms with Crippen molar-refractivity contribution in [3.63, 3.8) is 0 Å². The highest BCUT2D eigenvalue weighted by Crippen LogP contribution is 2.41. The van der Waals surface area contributed by atoms with Crippen LogP contribution in [0.1, 0.15) is 55.3 Å². The first kappa shape index (κ1) is 18.4. The van der Waals surface area contributed by atoms with E-state index in [0.717, 1.165) is 18.7 Å². The van der Waals surface area contributed by atoms with Gasteiger partial charge < -0.3 is 14.9 Å². The molecule has 0 bridgehead atoms. The minimum absolute atomic E-state index is 0.438. The molecule has 0 atom stereocenters. The summed E-state index contributed by atoms with van der Waals surface area (Å²) in [7, 11) is 2.11. The van der Waals surface area contributed by atoms with Crippen LogP contribution in [-0.4, -0.2) is 27.6 Å². The van der Waals surface area contributed by atoms with Crippen LogP contribution in [0, 0.1) is 6.92 Å². The van der Waals surface area contributed by atoms with Crippen molar-refractivity contribution in [2.75, 3.05) is 13.1 Å². The Balaban J connectivity index is 1.75. The zero-order valence-corrected chi connectivity index (χ0v) is 17.8. The summed E-state index contributed by atoms with van der Waals surface area (Å²) in [5.41, 5.74) is 9.00. The van der Waals surface area contributed by atoms with E-state index in [1.165, 1.54) is 57.2 Å². The first-order valence-electron chi connectivity index (χ1n) is 10.8. The summed E-state index contributed by atoms with van der Waals surface area (Å²) < 4.78 is 2.21. The molecule has 4 heteroatoms. The van der Waals surface area contributed by atoms with Gasteiger partial charge in [-0.15, -0.1) is 0 Å². The number of hydrogen-bond acceptors (Lipinski definition) is 2. The van der Waals surface area contributed by atoms with Gasteiger partial charge in [-0.2, -0.15) is 0 Å². The highest BCUT2D eigenvalue weighted by atomic mass is 15.0. The Morgan fingerprint density at radius 2 is 1.90 bits per heavy atom. The molecule has 1 fully saturated rings. The van der Waals surface area contributed by atoms with Crippen molar-refractivity contribution in [3.05, 3.63) is 53.3 Å². The number of H-pyrrole nitrogens is 1. The summed E-state index contributed by atoms with van der Waals surface area (Å²) in [6, 6.07) is 11.3.